The Bertz CT molecular complexity index is 1270. The Kier molecular flexibility index (Phi) is 12.9. The number of ether oxygens (including phenoxy) is 4. The van der Waals surface area contributed by atoms with E-state index in [-0.39, 0.29) is 40.3 Å². The van der Waals surface area contributed by atoms with Crippen molar-refractivity contribution >= 4 is 15.8 Å². The summed E-state index contributed by atoms with van der Waals surface area (Å²) in [5.41, 5.74) is 6.75. The molecule has 2 fully saturated rings. The predicted octanol–water partition coefficient (Wildman–Crippen LogP) is 9.87. The molecule has 254 valence electrons. The van der Waals surface area contributed by atoms with Crippen LogP contribution < -0.4 is 0 Å². The molecule has 0 amide bonds. The Morgan fingerprint density at radius 3 is 0.771 bits per heavy atom. The van der Waals surface area contributed by atoms with Crippen LogP contribution in [-0.2, 0) is 45.4 Å². The third-order valence-corrected chi connectivity index (χ3v) is 17.6. The molecule has 2 aliphatic rings. The molecule has 2 heterocycles. The molecular weight excluding hydrogens is 630 g/mol. The standard InChI is InChI=1S/C42H52O4P2/c1-31-39(43-27-35-17-9-5-10-18-35)40(44-28-36-19-11-6-12-20-36)32(2)47(31)25-26-48-33(3)41(45-29-37-21-13-7-14-22-37)42(34(48)4)46-30-38-23-15-8-16-24-38/h5-24,31-34,39-42H,25-30H2,1-4H3. The van der Waals surface area contributed by atoms with Crippen molar-refractivity contribution in [3.8, 4) is 0 Å². The Hall–Kier alpha value is -2.42. The van der Waals surface area contributed by atoms with Crippen molar-refractivity contribution in [1.82, 2.24) is 0 Å². The normalized spacial score (nSPS) is 30.1. The van der Waals surface area contributed by atoms with Crippen LogP contribution in [0.2, 0.25) is 0 Å². The first-order valence-electron chi connectivity index (χ1n) is 17.6. The molecule has 0 radical (unpaired) electrons. The van der Waals surface area contributed by atoms with Crippen molar-refractivity contribution in [1.29, 1.82) is 0 Å². The number of hydrogen-bond acceptors (Lipinski definition) is 4. The van der Waals surface area contributed by atoms with Crippen molar-refractivity contribution < 1.29 is 18.9 Å². The molecule has 0 spiro atoms. The summed E-state index contributed by atoms with van der Waals surface area (Å²) in [6, 6.07) is 42.3. The van der Waals surface area contributed by atoms with E-state index in [1.807, 2.05) is 0 Å². The lowest BCUT2D eigenvalue weighted by Gasteiger charge is -2.28. The lowest BCUT2D eigenvalue weighted by molar-refractivity contribution is -0.0758. The fraction of sp³-hybridized carbons (Fsp3) is 0.429. The van der Waals surface area contributed by atoms with Crippen molar-refractivity contribution in [2.75, 3.05) is 12.3 Å². The summed E-state index contributed by atoms with van der Waals surface area (Å²) in [5, 5.41) is 0. The minimum Gasteiger partial charge on any atom is -0.370 e. The highest BCUT2D eigenvalue weighted by Gasteiger charge is 2.50. The highest BCUT2D eigenvalue weighted by Crippen LogP contribution is 2.62. The zero-order valence-corrected chi connectivity index (χ0v) is 30.7. The van der Waals surface area contributed by atoms with Gasteiger partial charge in [0.25, 0.3) is 0 Å². The summed E-state index contributed by atoms with van der Waals surface area (Å²) < 4.78 is 27.0. The van der Waals surface area contributed by atoms with Crippen LogP contribution in [0.1, 0.15) is 49.9 Å². The topological polar surface area (TPSA) is 36.9 Å². The maximum absolute atomic E-state index is 6.76. The summed E-state index contributed by atoms with van der Waals surface area (Å²) >= 11 is 0. The van der Waals surface area contributed by atoms with Gasteiger partial charge in [-0.2, -0.15) is 0 Å². The summed E-state index contributed by atoms with van der Waals surface area (Å²) in [6.07, 6.45) is 2.84. The molecule has 0 aromatic heterocycles. The molecular formula is C42H52O4P2. The van der Waals surface area contributed by atoms with Crippen molar-refractivity contribution in [2.24, 2.45) is 0 Å². The van der Waals surface area contributed by atoms with Crippen LogP contribution in [0.4, 0.5) is 0 Å². The highest BCUT2D eigenvalue weighted by atomic mass is 31.1. The first-order chi connectivity index (χ1) is 23.5. The van der Waals surface area contributed by atoms with Crippen LogP contribution in [-0.4, -0.2) is 59.4 Å². The van der Waals surface area contributed by atoms with Gasteiger partial charge in [-0.15, -0.1) is 0 Å². The van der Waals surface area contributed by atoms with Gasteiger partial charge in [0.05, 0.1) is 50.8 Å². The molecule has 0 saturated carbocycles. The zero-order valence-electron chi connectivity index (χ0n) is 28.9. The lowest BCUT2D eigenvalue weighted by Crippen LogP contribution is -2.36. The molecule has 6 heteroatoms. The SMILES string of the molecule is CC1C(OCc2ccccc2)C(OCc2ccccc2)C(C)P1CCP1C(C)C(OCc2ccccc2)C(OCc2ccccc2)C1C. The van der Waals surface area contributed by atoms with Crippen molar-refractivity contribution in [3.63, 3.8) is 0 Å². The minimum absolute atomic E-state index is 0.0881. The lowest BCUT2D eigenvalue weighted by atomic mass is 10.1. The van der Waals surface area contributed by atoms with Gasteiger partial charge >= 0.3 is 0 Å². The van der Waals surface area contributed by atoms with Gasteiger partial charge in [0, 0.05) is 22.6 Å². The second-order valence-electron chi connectivity index (χ2n) is 13.5. The molecule has 4 aromatic carbocycles. The number of hydrogen-bond donors (Lipinski definition) is 0. The summed E-state index contributed by atoms with van der Waals surface area (Å²) in [6.45, 7) is 12.2. The van der Waals surface area contributed by atoms with Gasteiger partial charge in [0.15, 0.2) is 0 Å². The Labute approximate surface area is 291 Å². The first kappa shape index (κ1) is 35.4. The number of rotatable bonds is 15. The maximum atomic E-state index is 6.76. The van der Waals surface area contributed by atoms with Gasteiger partial charge in [-0.25, -0.2) is 0 Å². The molecule has 8 unspecified atom stereocenters. The smallest absolute Gasteiger partial charge is 0.0912 e. The monoisotopic (exact) mass is 682 g/mol. The third kappa shape index (κ3) is 8.83. The van der Waals surface area contributed by atoms with E-state index in [9.17, 15) is 0 Å². The van der Waals surface area contributed by atoms with Crippen LogP contribution in [0.3, 0.4) is 0 Å². The molecule has 8 atom stereocenters. The van der Waals surface area contributed by atoms with E-state index in [1.165, 1.54) is 34.6 Å². The van der Waals surface area contributed by atoms with E-state index in [2.05, 4.69) is 149 Å². The summed E-state index contributed by atoms with van der Waals surface area (Å²) in [5.74, 6) is 0. The van der Waals surface area contributed by atoms with Gasteiger partial charge in [-0.3, -0.25) is 0 Å². The van der Waals surface area contributed by atoms with E-state index < -0.39 is 0 Å². The van der Waals surface area contributed by atoms with Crippen LogP contribution in [0, 0.1) is 0 Å². The molecule has 48 heavy (non-hydrogen) atoms. The summed E-state index contributed by atoms with van der Waals surface area (Å²) in [4.78, 5) is 0. The van der Waals surface area contributed by atoms with Crippen LogP contribution in [0.15, 0.2) is 121 Å². The molecule has 6 rings (SSSR count). The zero-order chi connectivity index (χ0) is 33.3. The third-order valence-electron chi connectivity index (χ3n) is 10.4. The largest absolute Gasteiger partial charge is 0.370 e. The second kappa shape index (κ2) is 17.5. The Morgan fingerprint density at radius 1 is 0.354 bits per heavy atom. The fourth-order valence-electron chi connectivity index (χ4n) is 7.64. The average molecular weight is 683 g/mol. The number of benzene rings is 4. The van der Waals surface area contributed by atoms with E-state index in [0.29, 0.717) is 49.1 Å². The molecule has 0 N–H and O–H groups in total. The summed E-state index contributed by atoms with van der Waals surface area (Å²) in [7, 11) is -0.587. The van der Waals surface area contributed by atoms with Crippen molar-refractivity contribution in [2.45, 2.75) is 101 Å². The van der Waals surface area contributed by atoms with Gasteiger partial charge in [-0.05, 0) is 34.6 Å². The molecule has 2 aliphatic heterocycles. The van der Waals surface area contributed by atoms with E-state index >= 15 is 0 Å². The van der Waals surface area contributed by atoms with Crippen LogP contribution in [0.25, 0.3) is 0 Å². The molecule has 0 aliphatic carbocycles. The maximum Gasteiger partial charge on any atom is 0.0912 e. The highest BCUT2D eigenvalue weighted by molar-refractivity contribution is 7.63. The second-order valence-corrected chi connectivity index (χ2v) is 19.7. The average Bonchev–Trinajstić information content (AvgIpc) is 3.49. The fourth-order valence-corrected chi connectivity index (χ4v) is 15.1. The van der Waals surface area contributed by atoms with Gasteiger partial charge in [0.1, 0.15) is 0 Å². The predicted molar refractivity (Wildman–Crippen MR) is 201 cm³/mol. The van der Waals surface area contributed by atoms with Crippen LogP contribution in [0.5, 0.6) is 0 Å². The molecule has 0 bridgehead atoms. The Morgan fingerprint density at radius 2 is 0.562 bits per heavy atom. The molecule has 4 aromatic rings. The Balaban J connectivity index is 1.14. The van der Waals surface area contributed by atoms with Crippen molar-refractivity contribution in [3.05, 3.63) is 144 Å². The van der Waals surface area contributed by atoms with E-state index in [1.54, 1.807) is 0 Å². The molecule has 2 saturated heterocycles. The molecule has 4 nitrogen and oxygen atoms in total. The van der Waals surface area contributed by atoms with Gasteiger partial charge in [-0.1, -0.05) is 165 Å². The van der Waals surface area contributed by atoms with E-state index in [4.69, 9.17) is 18.9 Å². The quantitative estimate of drug-likeness (QED) is 0.117. The first-order valence-corrected chi connectivity index (χ1v) is 21.0. The van der Waals surface area contributed by atoms with E-state index in [0.717, 1.165) is 0 Å². The minimum atomic E-state index is -0.293. The van der Waals surface area contributed by atoms with Gasteiger partial charge in [0.2, 0.25) is 0 Å². The van der Waals surface area contributed by atoms with Gasteiger partial charge < -0.3 is 18.9 Å². The van der Waals surface area contributed by atoms with Crippen LogP contribution >= 0.6 is 15.8 Å².